The van der Waals surface area contributed by atoms with Gasteiger partial charge in [0.1, 0.15) is 18.5 Å². The number of nitrogens with one attached hydrogen (secondary N) is 3. The second-order valence-electron chi connectivity index (χ2n) is 10.4. The van der Waals surface area contributed by atoms with E-state index in [1.54, 1.807) is 19.1 Å². The number of unbranched alkanes of at least 4 members (excludes halogenated alkanes) is 1. The number of anilines is 2. The number of carbonyl (C=O) groups is 1. The Bertz CT molecular complexity index is 1710. The fraction of sp³-hybridized carbons (Fsp3) is 0.429. The molecule has 2 aromatic heterocycles. The number of likely N-dealkylation sites (N-methyl/N-ethyl adjacent to an activating group) is 1. The topological polar surface area (TPSA) is 184 Å². The van der Waals surface area contributed by atoms with Crippen LogP contribution in [-0.4, -0.2) is 96.1 Å². The van der Waals surface area contributed by atoms with Gasteiger partial charge in [0.25, 0.3) is 5.91 Å². The first-order chi connectivity index (χ1) is 20.6. The van der Waals surface area contributed by atoms with Crippen LogP contribution < -0.4 is 20.3 Å². The molecule has 5 N–H and O–H groups in total. The minimum absolute atomic E-state index is 0.243. The number of aliphatic hydroxyl groups excluding tert-OH is 2. The number of hydrogen-bond donors (Lipinski definition) is 5. The van der Waals surface area contributed by atoms with Crippen LogP contribution in [0.4, 0.5) is 11.5 Å². The minimum Gasteiger partial charge on any atom is -0.387 e. The smallest absolute Gasteiger partial charge is 0.252 e. The van der Waals surface area contributed by atoms with Crippen LogP contribution in [-0.2, 0) is 19.6 Å². The van der Waals surface area contributed by atoms with Crippen molar-refractivity contribution >= 4 is 49.4 Å². The molecule has 1 fully saturated rings. The molecule has 1 unspecified atom stereocenters. The van der Waals surface area contributed by atoms with E-state index in [1.165, 1.54) is 17.2 Å². The molecule has 0 spiro atoms. The van der Waals surface area contributed by atoms with Gasteiger partial charge >= 0.3 is 0 Å². The second-order valence-corrected chi connectivity index (χ2v) is 12.2. The Morgan fingerprint density at radius 1 is 1.02 bits per heavy atom. The van der Waals surface area contributed by atoms with E-state index < -0.39 is 40.5 Å². The van der Waals surface area contributed by atoms with Crippen LogP contribution in [0.2, 0.25) is 0 Å². The summed E-state index contributed by atoms with van der Waals surface area (Å²) in [5.74, 6) is -0.0686. The Kier molecular flexibility index (Phi) is 9.08. The monoisotopic (exact) mass is 612 g/mol. The second kappa shape index (κ2) is 12.8. The van der Waals surface area contributed by atoms with E-state index in [0.717, 1.165) is 11.1 Å². The van der Waals surface area contributed by atoms with Crippen LogP contribution in [0.5, 0.6) is 0 Å². The van der Waals surface area contributed by atoms with Crippen molar-refractivity contribution in [2.45, 2.75) is 49.2 Å². The van der Waals surface area contributed by atoms with E-state index >= 15 is 0 Å². The predicted octanol–water partition coefficient (Wildman–Crippen LogP) is 0.971. The maximum absolute atomic E-state index is 13.1. The Morgan fingerprint density at radius 2 is 1.77 bits per heavy atom. The molecular formula is C28H36N8O6S. The highest BCUT2D eigenvalue weighted by atomic mass is 32.2. The quantitative estimate of drug-likeness (QED) is 0.144. The lowest BCUT2D eigenvalue weighted by Gasteiger charge is -2.17. The minimum atomic E-state index is -3.72. The average molecular weight is 613 g/mol. The van der Waals surface area contributed by atoms with Crippen LogP contribution in [0.25, 0.3) is 21.9 Å². The Morgan fingerprint density at radius 3 is 2.53 bits per heavy atom. The molecule has 5 rings (SSSR count). The SMILES string of the molecule is CCNC(=O)[C@H]1OC(n2cnc3c(NCCCCNS(=O)(=O)c4cccc5c(N(C)C)cccc45)ncnc32)[C@H](O)[C@@H]1O. The molecule has 1 aliphatic heterocycles. The predicted molar refractivity (Wildman–Crippen MR) is 161 cm³/mol. The number of ether oxygens (including phenoxy) is 1. The van der Waals surface area contributed by atoms with Crippen LogP contribution in [0.15, 0.2) is 53.9 Å². The van der Waals surface area contributed by atoms with Gasteiger partial charge < -0.3 is 30.5 Å². The summed E-state index contributed by atoms with van der Waals surface area (Å²) in [6, 6.07) is 10.9. The van der Waals surface area contributed by atoms with Crippen LogP contribution in [0.1, 0.15) is 26.0 Å². The standard InChI is InChI=1S/C28H36N8O6S/c1-4-29-27(39)24-22(37)23(38)28(42-24)36-16-33-21-25(31-15-32-26(21)36)30-13-5-6-14-34-43(40,41)20-12-8-9-17-18(20)10-7-11-19(17)35(2)3/h7-12,15-16,22-24,28,34,37-38H,4-6,13-14H2,1-3H3,(H,29,39)(H,30,31,32)/t22-,23+,24-,28?/m0/s1. The highest BCUT2D eigenvalue weighted by Crippen LogP contribution is 2.33. The summed E-state index contributed by atoms with van der Waals surface area (Å²) >= 11 is 0. The van der Waals surface area contributed by atoms with Gasteiger partial charge in [-0.05, 0) is 31.9 Å². The third-order valence-electron chi connectivity index (χ3n) is 7.30. The molecule has 4 aromatic rings. The van der Waals surface area contributed by atoms with Gasteiger partial charge in [0, 0.05) is 50.2 Å². The Balaban J connectivity index is 1.18. The molecule has 4 atom stereocenters. The largest absolute Gasteiger partial charge is 0.387 e. The number of sulfonamides is 1. The van der Waals surface area contributed by atoms with Crippen molar-refractivity contribution in [2.24, 2.45) is 0 Å². The number of imidazole rings is 1. The molecule has 14 nitrogen and oxygen atoms in total. The molecule has 0 radical (unpaired) electrons. The van der Waals surface area contributed by atoms with Crippen LogP contribution in [0, 0.1) is 0 Å². The maximum Gasteiger partial charge on any atom is 0.252 e. The highest BCUT2D eigenvalue weighted by Gasteiger charge is 2.47. The molecule has 0 aliphatic carbocycles. The third kappa shape index (κ3) is 6.12. The summed E-state index contributed by atoms with van der Waals surface area (Å²) in [7, 11) is 0.121. The van der Waals surface area contributed by atoms with Gasteiger partial charge in [-0.1, -0.05) is 24.3 Å². The molecule has 43 heavy (non-hydrogen) atoms. The van der Waals surface area contributed by atoms with E-state index in [1.807, 2.05) is 43.3 Å². The summed E-state index contributed by atoms with van der Waals surface area (Å²) in [4.78, 5) is 27.3. The number of fused-ring (bicyclic) bond motifs is 2. The van der Waals surface area contributed by atoms with Crippen molar-refractivity contribution in [3.05, 3.63) is 49.1 Å². The van der Waals surface area contributed by atoms with Crippen LogP contribution >= 0.6 is 0 Å². The van der Waals surface area contributed by atoms with Crippen molar-refractivity contribution in [1.29, 1.82) is 0 Å². The van der Waals surface area contributed by atoms with Gasteiger partial charge in [0.2, 0.25) is 10.0 Å². The molecule has 0 bridgehead atoms. The lowest BCUT2D eigenvalue weighted by Crippen LogP contribution is -2.42. The van der Waals surface area contributed by atoms with Gasteiger partial charge in [0.15, 0.2) is 29.3 Å². The Hall–Kier alpha value is -3.89. The van der Waals surface area contributed by atoms with Gasteiger partial charge in [-0.15, -0.1) is 0 Å². The number of aromatic nitrogens is 4. The maximum atomic E-state index is 13.1. The number of carbonyl (C=O) groups excluding carboxylic acids is 1. The van der Waals surface area contributed by atoms with E-state index in [4.69, 9.17) is 4.74 Å². The van der Waals surface area contributed by atoms with Crippen molar-refractivity contribution in [3.8, 4) is 0 Å². The van der Waals surface area contributed by atoms with E-state index in [2.05, 4.69) is 30.3 Å². The average Bonchev–Trinajstić information content (AvgIpc) is 3.55. The number of nitrogens with zero attached hydrogens (tertiary/aromatic N) is 5. The summed E-state index contributed by atoms with van der Waals surface area (Å²) < 4.78 is 36.1. The zero-order chi connectivity index (χ0) is 30.7. The molecule has 15 heteroatoms. The molecule has 1 aliphatic rings. The zero-order valence-electron chi connectivity index (χ0n) is 24.1. The van der Waals surface area contributed by atoms with Gasteiger partial charge in [0.05, 0.1) is 11.2 Å². The summed E-state index contributed by atoms with van der Waals surface area (Å²) in [5.41, 5.74) is 1.71. The van der Waals surface area contributed by atoms with Crippen molar-refractivity contribution < 1.29 is 28.2 Å². The van der Waals surface area contributed by atoms with Gasteiger partial charge in [-0.2, -0.15) is 0 Å². The van der Waals surface area contributed by atoms with Crippen LogP contribution in [0.3, 0.4) is 0 Å². The lowest BCUT2D eigenvalue weighted by molar-refractivity contribution is -0.137. The highest BCUT2D eigenvalue weighted by molar-refractivity contribution is 7.89. The first kappa shape index (κ1) is 30.6. The first-order valence-electron chi connectivity index (χ1n) is 14.0. The third-order valence-corrected chi connectivity index (χ3v) is 8.82. The molecular weight excluding hydrogens is 576 g/mol. The fourth-order valence-corrected chi connectivity index (χ4v) is 6.47. The molecule has 0 saturated carbocycles. The molecule has 3 heterocycles. The summed E-state index contributed by atoms with van der Waals surface area (Å²) in [6.45, 7) is 2.85. The molecule has 230 valence electrons. The van der Waals surface area contributed by atoms with Crippen molar-refractivity contribution in [1.82, 2.24) is 29.6 Å². The fourth-order valence-electron chi connectivity index (χ4n) is 5.18. The Labute approximate surface area is 249 Å². The number of hydrogen-bond acceptors (Lipinski definition) is 11. The first-order valence-corrected chi connectivity index (χ1v) is 15.5. The number of amides is 1. The molecule has 1 saturated heterocycles. The normalized spacial score (nSPS) is 20.5. The molecule has 1 amide bonds. The number of benzene rings is 2. The summed E-state index contributed by atoms with van der Waals surface area (Å²) in [6.07, 6.45) is -1.13. The van der Waals surface area contributed by atoms with Crippen molar-refractivity contribution in [2.75, 3.05) is 43.9 Å². The van der Waals surface area contributed by atoms with E-state index in [9.17, 15) is 23.4 Å². The van der Waals surface area contributed by atoms with E-state index in [-0.39, 0.29) is 11.4 Å². The zero-order valence-corrected chi connectivity index (χ0v) is 25.0. The van der Waals surface area contributed by atoms with Gasteiger partial charge in [-0.25, -0.2) is 28.1 Å². The molecule has 2 aromatic carbocycles. The van der Waals surface area contributed by atoms with Crippen molar-refractivity contribution in [3.63, 3.8) is 0 Å². The van der Waals surface area contributed by atoms with E-state index in [0.29, 0.717) is 48.3 Å². The van der Waals surface area contributed by atoms with Gasteiger partial charge in [-0.3, -0.25) is 9.36 Å². The lowest BCUT2D eigenvalue weighted by atomic mass is 10.1. The number of rotatable bonds is 12. The summed E-state index contributed by atoms with van der Waals surface area (Å²) in [5, 5.41) is 28.3. The number of aliphatic hydroxyl groups is 2.